The average molecular weight is 403 g/mol. The molecule has 7 nitrogen and oxygen atoms in total. The molecule has 0 saturated heterocycles. The molecule has 1 heterocycles. The van der Waals surface area contributed by atoms with E-state index in [0.717, 1.165) is 0 Å². The molecule has 122 valence electrons. The van der Waals surface area contributed by atoms with Crippen LogP contribution in [0.2, 0.25) is 5.02 Å². The summed E-state index contributed by atoms with van der Waals surface area (Å²) in [5, 5.41) is 21.6. The molecule has 0 aliphatic carbocycles. The van der Waals surface area contributed by atoms with Gasteiger partial charge in [0.05, 0.1) is 6.33 Å². The fraction of sp³-hybridized carbons (Fsp3) is 0.214. The summed E-state index contributed by atoms with van der Waals surface area (Å²) in [5.41, 5.74) is -1.39. The Kier molecular flexibility index (Phi) is 5.40. The van der Waals surface area contributed by atoms with Crippen LogP contribution < -0.4 is 0 Å². The Hall–Kier alpha value is -1.90. The zero-order valence-electron chi connectivity index (χ0n) is 11.8. The van der Waals surface area contributed by atoms with Crippen molar-refractivity contribution >= 4 is 27.5 Å². The van der Waals surface area contributed by atoms with Crippen molar-refractivity contribution < 1.29 is 15.0 Å². The van der Waals surface area contributed by atoms with E-state index in [2.05, 4.69) is 27.5 Å². The van der Waals surface area contributed by atoms with Gasteiger partial charge in [-0.15, -0.1) is 16.7 Å². The number of imidazole rings is 1. The summed E-state index contributed by atoms with van der Waals surface area (Å²) >= 11 is 9.24. The normalized spacial score (nSPS) is 14.7. The number of halogens is 2. The quantitative estimate of drug-likeness (QED) is 0.435. The van der Waals surface area contributed by atoms with Crippen molar-refractivity contribution in [2.75, 3.05) is 0 Å². The Morgan fingerprint density at radius 2 is 2.39 bits per heavy atom. The molecule has 1 aromatic heterocycles. The summed E-state index contributed by atoms with van der Waals surface area (Å²) in [6.45, 7) is 3.61. The van der Waals surface area contributed by atoms with E-state index in [0.29, 0.717) is 15.1 Å². The summed E-state index contributed by atoms with van der Waals surface area (Å²) in [7, 11) is 0. The second-order valence-corrected chi connectivity index (χ2v) is 6.02. The van der Waals surface area contributed by atoms with Gasteiger partial charge in [0.1, 0.15) is 5.60 Å². The predicted octanol–water partition coefficient (Wildman–Crippen LogP) is 3.47. The maximum atomic E-state index is 11.2. The zero-order chi connectivity index (χ0) is 17.0. The van der Waals surface area contributed by atoms with E-state index in [1.54, 1.807) is 18.2 Å². The van der Waals surface area contributed by atoms with E-state index in [1.165, 1.54) is 29.4 Å². The largest absolute Gasteiger partial charge is 0.380 e. The highest BCUT2D eigenvalue weighted by molar-refractivity contribution is 9.10. The topological polar surface area (TPSA) is 90.4 Å². The maximum Gasteiger partial charge on any atom is 0.296 e. The van der Waals surface area contributed by atoms with Gasteiger partial charge >= 0.3 is 0 Å². The maximum absolute atomic E-state index is 11.2. The van der Waals surface area contributed by atoms with Gasteiger partial charge in [-0.2, -0.15) is 0 Å². The first kappa shape index (κ1) is 17.5. The van der Waals surface area contributed by atoms with Crippen molar-refractivity contribution in [3.63, 3.8) is 0 Å². The summed E-state index contributed by atoms with van der Waals surface area (Å²) in [6, 6.07) is 4.73. The van der Waals surface area contributed by atoms with Crippen molar-refractivity contribution in [2.24, 2.45) is 0 Å². The highest BCUT2D eigenvalue weighted by atomic mass is 79.9. The van der Waals surface area contributed by atoms with Crippen LogP contribution in [0.1, 0.15) is 18.2 Å². The smallest absolute Gasteiger partial charge is 0.296 e. The van der Waals surface area contributed by atoms with Gasteiger partial charge in [-0.3, -0.25) is 4.84 Å². The monoisotopic (exact) mass is 401 g/mol. The summed E-state index contributed by atoms with van der Waals surface area (Å²) < 4.78 is 1.80. The summed E-state index contributed by atoms with van der Waals surface area (Å²) in [6.07, 6.45) is 4.33. The first-order valence-corrected chi connectivity index (χ1v) is 7.63. The number of hydrogen-bond donors (Lipinski definition) is 1. The van der Waals surface area contributed by atoms with Gasteiger partial charge in [-0.25, -0.2) is 4.98 Å². The lowest BCUT2D eigenvalue weighted by atomic mass is 9.88. The van der Waals surface area contributed by atoms with Crippen LogP contribution in [-0.2, 0) is 10.4 Å². The van der Waals surface area contributed by atoms with Crippen LogP contribution in [0.4, 0.5) is 0 Å². The van der Waals surface area contributed by atoms with Crippen LogP contribution in [0.5, 0.6) is 0 Å². The Labute approximate surface area is 145 Å². The number of benzene rings is 1. The lowest BCUT2D eigenvalue weighted by molar-refractivity contribution is -0.781. The molecule has 9 heteroatoms. The first-order chi connectivity index (χ1) is 10.9. The number of rotatable bonds is 7. The van der Waals surface area contributed by atoms with Crippen LogP contribution >= 0.6 is 27.5 Å². The highest BCUT2D eigenvalue weighted by Gasteiger charge is 2.43. The van der Waals surface area contributed by atoms with Crippen LogP contribution in [0.15, 0.2) is 54.0 Å². The lowest BCUT2D eigenvalue weighted by Crippen LogP contribution is -2.39. The van der Waals surface area contributed by atoms with Crippen molar-refractivity contribution in [2.45, 2.75) is 18.2 Å². The van der Waals surface area contributed by atoms with Crippen molar-refractivity contribution in [3.05, 3.63) is 74.7 Å². The molecule has 2 unspecified atom stereocenters. The molecule has 1 aromatic carbocycles. The molecule has 0 fully saturated rings. The van der Waals surface area contributed by atoms with Crippen molar-refractivity contribution in [3.8, 4) is 0 Å². The molecule has 0 radical (unpaired) electrons. The molecule has 0 saturated carbocycles. The third kappa shape index (κ3) is 3.72. The Morgan fingerprint density at radius 3 is 2.91 bits per heavy atom. The van der Waals surface area contributed by atoms with Crippen LogP contribution in [0.3, 0.4) is 0 Å². The van der Waals surface area contributed by atoms with E-state index in [4.69, 9.17) is 16.4 Å². The molecule has 2 aromatic rings. The Bertz CT molecular complexity index is 710. The van der Waals surface area contributed by atoms with E-state index in [9.17, 15) is 15.2 Å². The standard InChI is InChI=1S/C14H13BrClN3O4/c1-2-5-14(20,11-4-3-10(16)8-12(11)15)13(23-19(21)22)18-7-6-17-9-18/h2-4,6-9,13,20H,1,5H2. The van der Waals surface area contributed by atoms with Gasteiger partial charge in [0.15, 0.2) is 0 Å². The van der Waals surface area contributed by atoms with E-state index < -0.39 is 16.9 Å². The predicted molar refractivity (Wildman–Crippen MR) is 87.2 cm³/mol. The molecule has 2 rings (SSSR count). The zero-order valence-corrected chi connectivity index (χ0v) is 14.1. The first-order valence-electron chi connectivity index (χ1n) is 6.46. The molecule has 0 aliphatic rings. The minimum Gasteiger partial charge on any atom is -0.380 e. The SMILES string of the molecule is C=CCC(O)(c1ccc(Cl)cc1Br)C(O[N+](=O)[O-])n1ccnc1. The molecule has 0 spiro atoms. The Balaban J connectivity index is 2.59. The van der Waals surface area contributed by atoms with Crippen molar-refractivity contribution in [1.82, 2.24) is 9.55 Å². The molecule has 0 bridgehead atoms. The van der Waals surface area contributed by atoms with Gasteiger partial charge in [0, 0.05) is 33.9 Å². The number of nitrogens with zero attached hydrogens (tertiary/aromatic N) is 3. The fourth-order valence-corrected chi connectivity index (χ4v) is 3.31. The Morgan fingerprint density at radius 1 is 1.65 bits per heavy atom. The van der Waals surface area contributed by atoms with E-state index in [1.807, 2.05) is 0 Å². The highest BCUT2D eigenvalue weighted by Crippen LogP contribution is 2.41. The second-order valence-electron chi connectivity index (χ2n) is 4.73. The molecular formula is C14H13BrClN3O4. The molecule has 23 heavy (non-hydrogen) atoms. The van der Waals surface area contributed by atoms with Gasteiger partial charge < -0.3 is 9.67 Å². The van der Waals surface area contributed by atoms with E-state index >= 15 is 0 Å². The lowest BCUT2D eigenvalue weighted by Gasteiger charge is -2.35. The minimum absolute atomic E-state index is 0.00389. The van der Waals surface area contributed by atoms with Gasteiger partial charge in [0.25, 0.3) is 5.09 Å². The number of aromatic nitrogens is 2. The third-order valence-corrected chi connectivity index (χ3v) is 4.13. The molecule has 1 N–H and O–H groups in total. The molecule has 2 atom stereocenters. The van der Waals surface area contributed by atoms with Gasteiger partial charge in [-0.05, 0) is 12.1 Å². The third-order valence-electron chi connectivity index (χ3n) is 3.24. The van der Waals surface area contributed by atoms with Gasteiger partial charge in [0.2, 0.25) is 6.23 Å². The fourth-order valence-electron chi connectivity index (χ4n) is 2.28. The van der Waals surface area contributed by atoms with Crippen LogP contribution in [-0.4, -0.2) is 19.7 Å². The minimum atomic E-state index is -1.76. The number of hydrogen-bond acceptors (Lipinski definition) is 5. The average Bonchev–Trinajstić information content (AvgIpc) is 2.98. The van der Waals surface area contributed by atoms with Crippen LogP contribution in [0.25, 0.3) is 0 Å². The van der Waals surface area contributed by atoms with Crippen LogP contribution in [0, 0.1) is 10.1 Å². The molecule has 0 amide bonds. The number of aliphatic hydroxyl groups is 1. The molecule has 0 aliphatic heterocycles. The second kappa shape index (κ2) is 7.12. The van der Waals surface area contributed by atoms with E-state index in [-0.39, 0.29) is 6.42 Å². The molecular weight excluding hydrogens is 390 g/mol. The summed E-state index contributed by atoms with van der Waals surface area (Å²) in [4.78, 5) is 19.5. The van der Waals surface area contributed by atoms with Crippen molar-refractivity contribution in [1.29, 1.82) is 0 Å². The summed E-state index contributed by atoms with van der Waals surface area (Å²) in [5.74, 6) is 0. The van der Waals surface area contributed by atoms with Gasteiger partial charge in [-0.1, -0.05) is 39.7 Å².